The number of hydrogen-bond acceptors (Lipinski definition) is 6. The second-order valence-electron chi connectivity index (χ2n) is 4.17. The van der Waals surface area contributed by atoms with Crippen molar-refractivity contribution in [2.45, 2.75) is 13.2 Å². The Kier molecular flexibility index (Phi) is 7.44. The Balaban J connectivity index is 5.99. The van der Waals surface area contributed by atoms with Gasteiger partial charge in [0.1, 0.15) is 0 Å². The lowest BCUT2D eigenvalue weighted by atomic mass is 10.4. The number of hydrogen-bond donors (Lipinski definition) is 0. The van der Waals surface area contributed by atoms with Gasteiger partial charge in [0.05, 0.1) is 11.5 Å². The maximum atomic E-state index is 12.2. The van der Waals surface area contributed by atoms with Gasteiger partial charge in [0, 0.05) is 5.57 Å². The van der Waals surface area contributed by atoms with Crippen LogP contribution in [0.15, 0.2) is 50.1 Å². The van der Waals surface area contributed by atoms with Gasteiger partial charge in [-0.1, -0.05) is 29.0 Å². The molecule has 0 aliphatic rings. The molecule has 0 amide bonds. The molecule has 1 atom stereocenters. The van der Waals surface area contributed by atoms with E-state index >= 15 is 0 Å². The quantitative estimate of drug-likeness (QED) is 0.252. The van der Waals surface area contributed by atoms with Gasteiger partial charge in [0.25, 0.3) is 0 Å². The molecule has 0 fully saturated rings. The number of sulfonamides is 2. The Morgan fingerprint density at radius 2 is 1.50 bits per heavy atom. The van der Waals surface area contributed by atoms with Crippen molar-refractivity contribution in [1.82, 2.24) is 3.71 Å². The molecule has 0 aliphatic heterocycles. The zero-order chi connectivity index (χ0) is 17.6. The second-order valence-corrected chi connectivity index (χ2v) is 8.18. The van der Waals surface area contributed by atoms with Gasteiger partial charge in [-0.25, -0.2) is 21.6 Å². The zero-order valence-corrected chi connectivity index (χ0v) is 13.9. The molecule has 0 saturated carbocycles. The first-order chi connectivity index (χ1) is 10.0. The maximum absolute atomic E-state index is 12.2. The van der Waals surface area contributed by atoms with Crippen LogP contribution in [0.4, 0.5) is 0 Å². The highest BCUT2D eigenvalue weighted by atomic mass is 32.3. The van der Waals surface area contributed by atoms with Gasteiger partial charge in [-0.15, -0.1) is 13.2 Å². The summed E-state index contributed by atoms with van der Waals surface area (Å²) >= 11 is 0. The molecule has 1 unspecified atom stereocenters. The van der Waals surface area contributed by atoms with E-state index in [1.165, 1.54) is 6.92 Å². The Morgan fingerprint density at radius 3 is 1.77 bits per heavy atom. The highest BCUT2D eigenvalue weighted by Gasteiger charge is 2.39. The van der Waals surface area contributed by atoms with Crippen molar-refractivity contribution in [3.8, 4) is 0 Å². The van der Waals surface area contributed by atoms with Gasteiger partial charge >= 0.3 is 5.97 Å². The number of carbonyl (C=O) groups is 1. The minimum atomic E-state index is -4.33. The first-order valence-corrected chi connectivity index (χ1v) is 9.21. The summed E-state index contributed by atoms with van der Waals surface area (Å²) < 4.78 is 53.7. The van der Waals surface area contributed by atoms with Gasteiger partial charge in [0.15, 0.2) is 0 Å². The first-order valence-electron chi connectivity index (χ1n) is 5.99. The number of carbonyl (C=O) groups excluding carboxylic acids is 1. The fourth-order valence-electron chi connectivity index (χ4n) is 1.32. The average Bonchev–Trinajstić information content (AvgIpc) is 2.36. The van der Waals surface area contributed by atoms with E-state index in [4.69, 9.17) is 4.74 Å². The van der Waals surface area contributed by atoms with Crippen LogP contribution >= 0.6 is 0 Å². The van der Waals surface area contributed by atoms with Crippen molar-refractivity contribution in [2.24, 2.45) is 0 Å². The molecule has 0 N–H and O–H groups in total. The predicted molar refractivity (Wildman–Crippen MR) is 84.7 cm³/mol. The average molecular weight is 349 g/mol. The summed E-state index contributed by atoms with van der Waals surface area (Å²) in [6.45, 7) is 14.5. The highest BCUT2D eigenvalue weighted by Crippen LogP contribution is 2.18. The van der Waals surface area contributed by atoms with Crippen molar-refractivity contribution in [1.29, 1.82) is 0 Å². The molecule has 0 heterocycles. The summed E-state index contributed by atoms with van der Waals surface area (Å²) in [5, 5.41) is 0. The Hall–Kier alpha value is -1.71. The van der Waals surface area contributed by atoms with Crippen LogP contribution in [-0.4, -0.2) is 44.2 Å². The minimum absolute atomic E-state index is 0.0194. The molecule has 0 spiro atoms. The predicted octanol–water partition coefficient (Wildman–Crippen LogP) is 0.951. The fraction of sp³-hybridized carbons (Fsp3) is 0.308. The van der Waals surface area contributed by atoms with Crippen molar-refractivity contribution in [3.05, 3.63) is 50.1 Å². The van der Waals surface area contributed by atoms with E-state index in [0.717, 1.165) is 18.2 Å². The van der Waals surface area contributed by atoms with Crippen LogP contribution in [0.2, 0.25) is 0 Å². The largest absolute Gasteiger partial charge is 0.437 e. The summed E-state index contributed by atoms with van der Waals surface area (Å²) in [6, 6.07) is 0. The van der Waals surface area contributed by atoms with Crippen LogP contribution < -0.4 is 0 Å². The molecule has 0 rings (SSSR count). The van der Waals surface area contributed by atoms with Crippen molar-refractivity contribution < 1.29 is 26.4 Å². The zero-order valence-electron chi connectivity index (χ0n) is 12.3. The Labute approximate surface area is 131 Å². The third-order valence-corrected chi connectivity index (χ3v) is 6.38. The molecule has 0 radical (unpaired) electrons. The van der Waals surface area contributed by atoms with Crippen LogP contribution in [0, 0.1) is 0 Å². The number of ether oxygens (including phenoxy) is 1. The molecule has 7 nitrogen and oxygen atoms in total. The molecule has 0 aromatic carbocycles. The third kappa shape index (κ3) is 5.24. The van der Waals surface area contributed by atoms with Gasteiger partial charge in [-0.3, -0.25) is 0 Å². The van der Waals surface area contributed by atoms with E-state index in [1.807, 2.05) is 0 Å². The first kappa shape index (κ1) is 20.3. The molecule has 124 valence electrons. The lowest BCUT2D eigenvalue weighted by Gasteiger charge is -2.26. The molecule has 0 aromatic heterocycles. The highest BCUT2D eigenvalue weighted by molar-refractivity contribution is 8.04. The lowest BCUT2D eigenvalue weighted by Crippen LogP contribution is -2.47. The van der Waals surface area contributed by atoms with Crippen molar-refractivity contribution in [2.75, 3.05) is 11.5 Å². The minimum Gasteiger partial charge on any atom is -0.437 e. The van der Waals surface area contributed by atoms with E-state index < -0.39 is 43.7 Å². The molecule has 22 heavy (non-hydrogen) atoms. The SMILES string of the molecule is C=CCS(=O)(=O)N(C(C=C)OC(=O)C(=C)C)S(=O)(=O)CC=C. The number of esters is 1. The van der Waals surface area contributed by atoms with Gasteiger partial charge in [-0.05, 0) is 13.0 Å². The van der Waals surface area contributed by atoms with E-state index in [1.54, 1.807) is 0 Å². The van der Waals surface area contributed by atoms with Crippen molar-refractivity contribution in [3.63, 3.8) is 0 Å². The molecule has 0 aromatic rings. The molecule has 9 heteroatoms. The van der Waals surface area contributed by atoms with Crippen LogP contribution in [0.1, 0.15) is 6.92 Å². The van der Waals surface area contributed by atoms with E-state index in [9.17, 15) is 21.6 Å². The van der Waals surface area contributed by atoms with E-state index in [2.05, 4.69) is 26.3 Å². The van der Waals surface area contributed by atoms with Gasteiger partial charge in [0.2, 0.25) is 26.3 Å². The van der Waals surface area contributed by atoms with Crippen LogP contribution in [0.25, 0.3) is 0 Å². The monoisotopic (exact) mass is 349 g/mol. The van der Waals surface area contributed by atoms with Gasteiger partial charge in [-0.2, -0.15) is 0 Å². The topological polar surface area (TPSA) is 97.8 Å². The fourth-order valence-corrected chi connectivity index (χ4v) is 4.85. The van der Waals surface area contributed by atoms with Crippen LogP contribution in [0.3, 0.4) is 0 Å². The molecule has 0 aliphatic carbocycles. The summed E-state index contributed by atoms with van der Waals surface area (Å²) in [5.41, 5.74) is -0.0194. The summed E-state index contributed by atoms with van der Waals surface area (Å²) in [4.78, 5) is 11.6. The van der Waals surface area contributed by atoms with E-state index in [-0.39, 0.29) is 9.28 Å². The normalized spacial score (nSPS) is 13.2. The Bertz CT molecular complexity index is 635. The Morgan fingerprint density at radius 1 is 1.09 bits per heavy atom. The standard InChI is InChI=1S/C13H19NO6S2/c1-6-9-21(16,17)14(22(18,19)10-7-2)12(8-3)20-13(15)11(4)5/h6-8,12H,1-4,9-10H2,5H3. The molecular formula is C13H19NO6S2. The number of nitrogens with zero attached hydrogens (tertiary/aromatic N) is 1. The summed E-state index contributed by atoms with van der Waals surface area (Å²) in [6.07, 6.45) is 1.21. The van der Waals surface area contributed by atoms with Crippen LogP contribution in [-0.2, 0) is 29.6 Å². The lowest BCUT2D eigenvalue weighted by molar-refractivity contribution is -0.144. The van der Waals surface area contributed by atoms with E-state index in [0.29, 0.717) is 0 Å². The van der Waals surface area contributed by atoms with Crippen LogP contribution in [0.5, 0.6) is 0 Å². The second kappa shape index (κ2) is 8.06. The molecule has 0 bridgehead atoms. The summed E-state index contributed by atoms with van der Waals surface area (Å²) in [5.74, 6) is -2.26. The van der Waals surface area contributed by atoms with Crippen molar-refractivity contribution >= 4 is 26.0 Å². The summed E-state index contributed by atoms with van der Waals surface area (Å²) in [7, 11) is -8.67. The van der Waals surface area contributed by atoms with Gasteiger partial charge < -0.3 is 4.74 Å². The maximum Gasteiger partial charge on any atom is 0.334 e. The smallest absolute Gasteiger partial charge is 0.334 e. The number of rotatable bonds is 10. The third-order valence-electron chi connectivity index (χ3n) is 2.19. The molecule has 0 saturated heterocycles. The molecular weight excluding hydrogens is 330 g/mol.